The fourth-order valence-electron chi connectivity index (χ4n) is 4.02. The molecule has 3 aromatic carbocycles. The number of hydrogen-bond acceptors (Lipinski definition) is 8. The van der Waals surface area contributed by atoms with Gasteiger partial charge in [0, 0.05) is 29.7 Å². The van der Waals surface area contributed by atoms with Gasteiger partial charge in [-0.2, -0.15) is 31.3 Å². The van der Waals surface area contributed by atoms with Crippen LogP contribution in [0.4, 0.5) is 59.6 Å². The number of esters is 1. The van der Waals surface area contributed by atoms with Crippen LogP contribution in [-0.4, -0.2) is 47.0 Å². The standard InChI is InChI=1S/C31H25F7N6O3/c1-17(47-28(46)31(36,37)38)27(45)40-22-12-13-24(32)25(14-22)42-26-23(19-6-8-20(9-7-19)30(33,34)35)15-39-29(43-26)41-21-10-4-18(5-11-21)16-44(2)3/h4-15H,1,16H2,2-3H3,(H,40,45)(H2,39,41,42,43). The Hall–Kier alpha value is -5.51. The topological polar surface area (TPSA) is 108 Å². The molecule has 16 heteroatoms. The van der Waals surface area contributed by atoms with E-state index in [2.05, 4.69) is 37.2 Å². The molecule has 1 aromatic heterocycles. The van der Waals surface area contributed by atoms with E-state index in [0.29, 0.717) is 12.2 Å². The first kappa shape index (κ1) is 34.4. The fourth-order valence-corrected chi connectivity index (χ4v) is 4.02. The number of nitrogens with zero attached hydrogens (tertiary/aromatic N) is 3. The molecule has 0 aliphatic heterocycles. The highest BCUT2D eigenvalue weighted by Crippen LogP contribution is 2.35. The molecule has 1 amide bonds. The summed E-state index contributed by atoms with van der Waals surface area (Å²) in [6, 6.07) is 14.4. The van der Waals surface area contributed by atoms with Gasteiger partial charge in [-0.05, 0) is 67.7 Å². The molecule has 1 heterocycles. The van der Waals surface area contributed by atoms with E-state index < -0.39 is 41.4 Å². The van der Waals surface area contributed by atoms with Crippen LogP contribution >= 0.6 is 0 Å². The van der Waals surface area contributed by atoms with Crippen molar-refractivity contribution >= 4 is 40.7 Å². The Balaban J connectivity index is 1.64. The zero-order valence-electron chi connectivity index (χ0n) is 24.6. The van der Waals surface area contributed by atoms with E-state index in [0.717, 1.165) is 35.9 Å². The van der Waals surface area contributed by atoms with Crippen molar-refractivity contribution in [3.05, 3.63) is 102 Å². The van der Waals surface area contributed by atoms with Crippen molar-refractivity contribution in [3.63, 3.8) is 0 Å². The van der Waals surface area contributed by atoms with Gasteiger partial charge in [0.05, 0.1) is 11.3 Å². The molecule has 0 bridgehead atoms. The van der Waals surface area contributed by atoms with Crippen molar-refractivity contribution in [2.75, 3.05) is 30.0 Å². The maximum atomic E-state index is 15.0. The third kappa shape index (κ3) is 9.26. The van der Waals surface area contributed by atoms with Crippen molar-refractivity contribution in [2.24, 2.45) is 0 Å². The van der Waals surface area contributed by atoms with E-state index >= 15 is 0 Å². The molecule has 0 unspecified atom stereocenters. The van der Waals surface area contributed by atoms with Gasteiger partial charge in [0.1, 0.15) is 11.6 Å². The largest absolute Gasteiger partial charge is 0.491 e. The lowest BCUT2D eigenvalue weighted by molar-refractivity contribution is -0.195. The highest BCUT2D eigenvalue weighted by atomic mass is 19.4. The van der Waals surface area contributed by atoms with E-state index in [-0.39, 0.29) is 34.3 Å². The molecule has 0 saturated carbocycles. The smallest absolute Gasteiger partial charge is 0.415 e. The summed E-state index contributed by atoms with van der Waals surface area (Å²) in [7, 11) is 3.84. The third-order valence-corrected chi connectivity index (χ3v) is 6.20. The lowest BCUT2D eigenvalue weighted by atomic mass is 10.1. The van der Waals surface area contributed by atoms with Gasteiger partial charge >= 0.3 is 18.3 Å². The van der Waals surface area contributed by atoms with Crippen LogP contribution in [-0.2, 0) is 27.0 Å². The van der Waals surface area contributed by atoms with Crippen LogP contribution in [0, 0.1) is 5.82 Å². The first-order valence-electron chi connectivity index (χ1n) is 13.4. The number of carbonyl (C=O) groups is 2. The second kappa shape index (κ2) is 13.9. The average Bonchev–Trinajstić information content (AvgIpc) is 2.99. The zero-order chi connectivity index (χ0) is 34.5. The molecule has 246 valence electrons. The van der Waals surface area contributed by atoms with E-state index in [4.69, 9.17) is 0 Å². The van der Waals surface area contributed by atoms with Crippen LogP contribution < -0.4 is 16.0 Å². The fraction of sp³-hybridized carbons (Fsp3) is 0.161. The predicted molar refractivity (Wildman–Crippen MR) is 159 cm³/mol. The van der Waals surface area contributed by atoms with Gasteiger partial charge < -0.3 is 25.6 Å². The van der Waals surface area contributed by atoms with Crippen molar-refractivity contribution < 1.29 is 45.1 Å². The minimum absolute atomic E-state index is 0.0381. The van der Waals surface area contributed by atoms with Gasteiger partial charge in [-0.3, -0.25) is 4.79 Å². The number of nitrogens with one attached hydrogen (secondary N) is 3. The van der Waals surface area contributed by atoms with E-state index in [1.165, 1.54) is 18.3 Å². The van der Waals surface area contributed by atoms with Crippen LogP contribution in [0.15, 0.2) is 85.3 Å². The Bertz CT molecular complexity index is 1770. The lowest BCUT2D eigenvalue weighted by Crippen LogP contribution is -2.28. The van der Waals surface area contributed by atoms with Crippen LogP contribution in [0.2, 0.25) is 0 Å². The Kier molecular flexibility index (Phi) is 10.1. The second-order valence-corrected chi connectivity index (χ2v) is 10.2. The lowest BCUT2D eigenvalue weighted by Gasteiger charge is -2.16. The maximum absolute atomic E-state index is 15.0. The van der Waals surface area contributed by atoms with Gasteiger partial charge in [-0.1, -0.05) is 30.8 Å². The molecule has 0 aliphatic carbocycles. The minimum atomic E-state index is -5.37. The molecule has 47 heavy (non-hydrogen) atoms. The Morgan fingerprint density at radius 3 is 2.13 bits per heavy atom. The summed E-state index contributed by atoms with van der Waals surface area (Å²) in [5, 5.41) is 7.87. The number of alkyl halides is 6. The molecule has 3 N–H and O–H groups in total. The third-order valence-electron chi connectivity index (χ3n) is 6.20. The SMILES string of the molecule is C=C(OC(=O)C(F)(F)F)C(=O)Nc1ccc(F)c(Nc2nc(Nc3ccc(CN(C)C)cc3)ncc2-c2ccc(C(F)(F)F)cc2)c1. The van der Waals surface area contributed by atoms with E-state index in [9.17, 15) is 40.3 Å². The average molecular weight is 663 g/mol. The molecule has 0 fully saturated rings. The number of ether oxygens (including phenoxy) is 1. The summed E-state index contributed by atoms with van der Waals surface area (Å²) >= 11 is 0. The van der Waals surface area contributed by atoms with Crippen LogP contribution in [0.25, 0.3) is 11.1 Å². The summed E-state index contributed by atoms with van der Waals surface area (Å²) in [6.07, 6.45) is -8.65. The number of aromatic nitrogens is 2. The highest BCUT2D eigenvalue weighted by Gasteiger charge is 2.42. The van der Waals surface area contributed by atoms with Gasteiger partial charge in [-0.25, -0.2) is 14.2 Å². The quantitative estimate of drug-likeness (QED) is 0.0698. The first-order chi connectivity index (χ1) is 22.0. The Morgan fingerprint density at radius 1 is 0.894 bits per heavy atom. The molecule has 0 radical (unpaired) electrons. The highest BCUT2D eigenvalue weighted by molar-refractivity contribution is 6.03. The van der Waals surface area contributed by atoms with Crippen molar-refractivity contribution in [1.82, 2.24) is 14.9 Å². The monoisotopic (exact) mass is 662 g/mol. The van der Waals surface area contributed by atoms with Crippen LogP contribution in [0.5, 0.6) is 0 Å². The summed E-state index contributed by atoms with van der Waals surface area (Å²) in [5.74, 6) is -6.04. The predicted octanol–water partition coefficient (Wildman–Crippen LogP) is 7.41. The van der Waals surface area contributed by atoms with Gasteiger partial charge in [0.15, 0.2) is 5.76 Å². The molecule has 0 saturated heterocycles. The number of rotatable bonds is 10. The molecular weight excluding hydrogens is 637 g/mol. The van der Waals surface area contributed by atoms with Crippen molar-refractivity contribution in [1.29, 1.82) is 0 Å². The summed E-state index contributed by atoms with van der Waals surface area (Å²) in [5.41, 5.74) is 0.703. The second-order valence-electron chi connectivity index (χ2n) is 10.2. The first-order valence-corrected chi connectivity index (χ1v) is 13.4. The van der Waals surface area contributed by atoms with Gasteiger partial charge in [0.25, 0.3) is 5.91 Å². The van der Waals surface area contributed by atoms with Crippen LogP contribution in [0.1, 0.15) is 11.1 Å². The number of amides is 1. The minimum Gasteiger partial charge on any atom is -0.415 e. The summed E-state index contributed by atoms with van der Waals surface area (Å²) in [4.78, 5) is 34.0. The molecule has 0 aliphatic rings. The van der Waals surface area contributed by atoms with Gasteiger partial charge in [0.2, 0.25) is 5.95 Å². The molecule has 4 aromatic rings. The molecule has 0 atom stereocenters. The molecule has 9 nitrogen and oxygen atoms in total. The molecule has 4 rings (SSSR count). The molecule has 0 spiro atoms. The number of halogens is 7. The number of anilines is 5. The van der Waals surface area contributed by atoms with E-state index in [1.807, 2.05) is 31.1 Å². The molecular formula is C31H25F7N6O3. The summed E-state index contributed by atoms with van der Waals surface area (Å²) in [6.45, 7) is 3.70. The van der Waals surface area contributed by atoms with E-state index in [1.54, 1.807) is 12.1 Å². The van der Waals surface area contributed by atoms with Crippen molar-refractivity contribution in [3.8, 4) is 11.1 Å². The Labute approximate surface area is 263 Å². The number of carbonyl (C=O) groups excluding carboxylic acids is 2. The normalized spacial score (nSPS) is 11.6. The number of hydrogen-bond donors (Lipinski definition) is 3. The number of benzene rings is 3. The van der Waals surface area contributed by atoms with Crippen LogP contribution in [0.3, 0.4) is 0 Å². The zero-order valence-corrected chi connectivity index (χ0v) is 24.6. The Morgan fingerprint density at radius 2 is 1.53 bits per heavy atom. The van der Waals surface area contributed by atoms with Crippen molar-refractivity contribution in [2.45, 2.75) is 18.9 Å². The maximum Gasteiger partial charge on any atom is 0.491 e. The van der Waals surface area contributed by atoms with Gasteiger partial charge in [-0.15, -0.1) is 0 Å². The summed E-state index contributed by atoms with van der Waals surface area (Å²) < 4.78 is 95.8.